The number of benzene rings is 2. The van der Waals surface area contributed by atoms with Gasteiger partial charge < -0.3 is 38.2 Å². The van der Waals surface area contributed by atoms with Gasteiger partial charge in [-0.2, -0.15) is 0 Å². The Hall–Kier alpha value is -3.89. The van der Waals surface area contributed by atoms with Crippen molar-refractivity contribution < 1.29 is 43.7 Å². The summed E-state index contributed by atoms with van der Waals surface area (Å²) < 4.78 is 27.7. The maximum atomic E-state index is 15.4. The molecule has 308 valence electrons. The quantitative estimate of drug-likeness (QED) is 0.156. The summed E-state index contributed by atoms with van der Waals surface area (Å²) >= 11 is 0. The number of anilines is 1. The number of aliphatic hydroxyl groups excluding tert-OH is 1. The molecule has 0 spiro atoms. The molecule has 0 saturated heterocycles. The average molecular weight is 790 g/mol. The molecule has 2 aromatic carbocycles. The van der Waals surface area contributed by atoms with Gasteiger partial charge in [-0.1, -0.05) is 96.2 Å². The van der Waals surface area contributed by atoms with Gasteiger partial charge >= 0.3 is 0 Å². The Morgan fingerprint density at radius 3 is 2.18 bits per heavy atom. The number of rotatable bonds is 16. The number of nitrogens with zero attached hydrogens (tertiary/aromatic N) is 1. The van der Waals surface area contributed by atoms with Gasteiger partial charge in [-0.05, 0) is 60.3 Å². The Kier molecular flexibility index (Phi) is 17.5. The summed E-state index contributed by atoms with van der Waals surface area (Å²) in [6.45, 7) is 9.17. The maximum Gasteiger partial charge on any atom is 0.247 e. The number of amides is 4. The highest BCUT2D eigenvalue weighted by atomic mass is 32.2. The molecule has 1 fully saturated rings. The summed E-state index contributed by atoms with van der Waals surface area (Å²) in [5, 5.41) is 17.5. The Balaban J connectivity index is 0.00000523. The molecule has 0 aromatic heterocycles. The largest absolute Gasteiger partial charge is 0.412 e. The van der Waals surface area contributed by atoms with Crippen molar-refractivity contribution in [2.45, 2.75) is 127 Å². The van der Waals surface area contributed by atoms with E-state index in [9.17, 15) is 27.9 Å². The van der Waals surface area contributed by atoms with Gasteiger partial charge in [0.15, 0.2) is 9.84 Å². The minimum Gasteiger partial charge on any atom is -0.412 e. The third-order valence-electron chi connectivity index (χ3n) is 10.6. The van der Waals surface area contributed by atoms with Crippen LogP contribution < -0.4 is 22.1 Å². The van der Waals surface area contributed by atoms with E-state index in [1.807, 2.05) is 33.8 Å². The van der Waals surface area contributed by atoms with Gasteiger partial charge in [0.25, 0.3) is 0 Å². The van der Waals surface area contributed by atoms with Crippen LogP contribution in [0.15, 0.2) is 53.4 Å². The number of hydrogen-bond donors (Lipinski definition) is 5. The molecule has 0 bridgehead atoms. The number of fused-ring (bicyclic) bond motifs is 1. The van der Waals surface area contributed by atoms with E-state index >= 15 is 4.79 Å². The van der Waals surface area contributed by atoms with Crippen molar-refractivity contribution in [1.29, 1.82) is 0 Å². The first-order valence-corrected chi connectivity index (χ1v) is 20.6. The average Bonchev–Trinajstić information content (AvgIpc) is 3.36. The van der Waals surface area contributed by atoms with E-state index in [0.29, 0.717) is 13.0 Å². The minimum atomic E-state index is -4.02. The van der Waals surface area contributed by atoms with Crippen LogP contribution in [0.5, 0.6) is 0 Å². The van der Waals surface area contributed by atoms with E-state index in [2.05, 4.69) is 10.6 Å². The second kappa shape index (κ2) is 20.3. The van der Waals surface area contributed by atoms with Crippen molar-refractivity contribution in [3.8, 4) is 0 Å². The number of hydrogen-bond acceptors (Lipinski definition) is 9. The van der Waals surface area contributed by atoms with E-state index in [1.165, 1.54) is 19.1 Å². The monoisotopic (exact) mass is 789 g/mol. The standard InChI is InChI=1S/C40H59N5O7S.2H2O/c1-25(2)22-40(32-24-53(51,52)36-20-30(41)16-17-31(32)36,45(27(5)46)38(49)33(42)18-28-12-8-6-9-13-28)39(50)44-34(19-29-14-10-7-11-15-29)35(47)21-37(48)43-23-26(3)4;;/h6,8-9,12-13,16-17,20,25-26,29,32-35,47H,7,10-11,14-15,18-19,21-24,41-42H2,1-5H3,(H,43,48)(H,44,50);2*1H2/t32?,33-,34-,35-,40-;;/m0../s1. The highest BCUT2D eigenvalue weighted by Crippen LogP contribution is 2.48. The Morgan fingerprint density at radius 2 is 1.60 bits per heavy atom. The van der Waals surface area contributed by atoms with Gasteiger partial charge in [0.2, 0.25) is 23.6 Å². The fourth-order valence-corrected chi connectivity index (χ4v) is 10.1. The molecule has 1 aliphatic heterocycles. The molecule has 55 heavy (non-hydrogen) atoms. The Labute approximate surface area is 325 Å². The van der Waals surface area contributed by atoms with Gasteiger partial charge in [0.05, 0.1) is 35.3 Å². The molecule has 1 unspecified atom stereocenters. The molecule has 4 amide bonds. The first-order valence-electron chi connectivity index (χ1n) is 19.0. The van der Waals surface area contributed by atoms with Gasteiger partial charge in [0.1, 0.15) is 5.54 Å². The summed E-state index contributed by atoms with van der Waals surface area (Å²) in [6.07, 6.45) is 3.60. The topological polar surface area (TPSA) is 265 Å². The summed E-state index contributed by atoms with van der Waals surface area (Å²) in [5.41, 5.74) is 11.7. The van der Waals surface area contributed by atoms with Crippen LogP contribution >= 0.6 is 0 Å². The number of nitrogen functional groups attached to an aromatic ring is 1. The van der Waals surface area contributed by atoms with Gasteiger partial charge in [0, 0.05) is 25.1 Å². The van der Waals surface area contributed by atoms with E-state index in [0.717, 1.165) is 42.6 Å². The molecule has 5 atom stereocenters. The summed E-state index contributed by atoms with van der Waals surface area (Å²) in [4.78, 5) is 57.8. The predicted octanol–water partition coefficient (Wildman–Crippen LogP) is 2.20. The molecular formula is C40H63N5O9S. The van der Waals surface area contributed by atoms with Crippen LogP contribution in [0.25, 0.3) is 0 Å². The van der Waals surface area contributed by atoms with Crippen molar-refractivity contribution in [3.05, 3.63) is 59.7 Å². The number of sulfone groups is 1. The summed E-state index contributed by atoms with van der Waals surface area (Å²) in [7, 11) is -4.02. The van der Waals surface area contributed by atoms with Crippen LogP contribution in [0.3, 0.4) is 0 Å². The Bertz CT molecular complexity index is 1720. The van der Waals surface area contributed by atoms with Crippen molar-refractivity contribution >= 4 is 39.2 Å². The normalized spacial score (nSPS) is 19.1. The lowest BCUT2D eigenvalue weighted by Gasteiger charge is -2.47. The highest BCUT2D eigenvalue weighted by Gasteiger charge is 2.59. The lowest BCUT2D eigenvalue weighted by atomic mass is 9.72. The number of nitrogens with one attached hydrogen (secondary N) is 2. The number of carbonyl (C=O) groups is 4. The number of nitrogens with two attached hydrogens (primary N) is 2. The van der Waals surface area contributed by atoms with Crippen LogP contribution in [0.4, 0.5) is 5.69 Å². The third-order valence-corrected chi connectivity index (χ3v) is 12.4. The van der Waals surface area contributed by atoms with Crippen molar-refractivity contribution in [2.24, 2.45) is 23.5 Å². The zero-order chi connectivity index (χ0) is 39.1. The SMILES string of the molecule is CC(=O)N(C(=O)[C@@H](N)Cc1ccccc1)[C@](CC(C)C)(C(=O)N[C@@H](CC1CCCCC1)[C@@H](O)CC(=O)NCC(C)C)C1CS(=O)(=O)c2cc(N)ccc21.O.O. The van der Waals surface area contributed by atoms with E-state index < -0.39 is 63.0 Å². The maximum absolute atomic E-state index is 15.4. The summed E-state index contributed by atoms with van der Waals surface area (Å²) in [5.74, 6) is -4.49. The van der Waals surface area contributed by atoms with E-state index in [1.54, 1.807) is 30.3 Å². The molecule has 1 heterocycles. The van der Waals surface area contributed by atoms with E-state index in [4.69, 9.17) is 11.5 Å². The van der Waals surface area contributed by atoms with Crippen LogP contribution in [0.1, 0.15) is 103 Å². The molecular weight excluding hydrogens is 727 g/mol. The van der Waals surface area contributed by atoms with E-state index in [-0.39, 0.29) is 70.0 Å². The highest BCUT2D eigenvalue weighted by molar-refractivity contribution is 7.91. The zero-order valence-corrected chi connectivity index (χ0v) is 33.7. The molecule has 1 aliphatic carbocycles. The minimum absolute atomic E-state index is 0. The molecule has 4 rings (SSSR count). The van der Waals surface area contributed by atoms with Gasteiger partial charge in [-0.3, -0.25) is 24.1 Å². The first-order chi connectivity index (χ1) is 25.0. The predicted molar refractivity (Wildman–Crippen MR) is 212 cm³/mol. The third kappa shape index (κ3) is 11.6. The summed E-state index contributed by atoms with van der Waals surface area (Å²) in [6, 6.07) is 11.3. The number of carbonyl (C=O) groups excluding carboxylic acids is 4. The zero-order valence-electron chi connectivity index (χ0n) is 32.8. The van der Waals surface area contributed by atoms with Crippen LogP contribution in [-0.2, 0) is 35.4 Å². The molecule has 11 N–H and O–H groups in total. The smallest absolute Gasteiger partial charge is 0.247 e. The van der Waals surface area contributed by atoms with Crippen LogP contribution in [0, 0.1) is 17.8 Å². The second-order valence-electron chi connectivity index (χ2n) is 15.9. The fourth-order valence-electron chi connectivity index (χ4n) is 8.13. The second-order valence-corrected chi connectivity index (χ2v) is 17.9. The lowest BCUT2D eigenvalue weighted by Crippen LogP contribution is -2.69. The van der Waals surface area contributed by atoms with Gasteiger partial charge in [-0.15, -0.1) is 0 Å². The molecule has 15 heteroatoms. The van der Waals surface area contributed by atoms with Gasteiger partial charge in [-0.25, -0.2) is 8.42 Å². The van der Waals surface area contributed by atoms with Crippen molar-refractivity contribution in [1.82, 2.24) is 15.5 Å². The molecule has 2 aliphatic rings. The Morgan fingerprint density at radius 1 is 0.964 bits per heavy atom. The molecule has 2 aromatic rings. The van der Waals surface area contributed by atoms with Crippen molar-refractivity contribution in [2.75, 3.05) is 18.0 Å². The molecule has 0 radical (unpaired) electrons. The number of aliphatic hydroxyl groups is 1. The fraction of sp³-hybridized carbons (Fsp3) is 0.600. The number of imide groups is 1. The molecule has 14 nitrogen and oxygen atoms in total. The van der Waals surface area contributed by atoms with Crippen LogP contribution in [-0.4, -0.2) is 89.0 Å². The first kappa shape index (κ1) is 47.3. The molecule has 1 saturated carbocycles. The van der Waals surface area contributed by atoms with Crippen LogP contribution in [0.2, 0.25) is 0 Å². The lowest BCUT2D eigenvalue weighted by molar-refractivity contribution is -0.162. The van der Waals surface area contributed by atoms with Crippen molar-refractivity contribution in [3.63, 3.8) is 0 Å².